The molecule has 1 aliphatic rings. The molecule has 0 heterocycles. The minimum atomic E-state index is -0.925. The van der Waals surface area contributed by atoms with E-state index in [2.05, 4.69) is 23.5 Å². The number of benzene rings is 1. The lowest BCUT2D eigenvalue weighted by molar-refractivity contribution is 0.256. The SMILES string of the molecule is C[C@@H](F)N[C@@H]1CCCc2ccccc21. The molecule has 2 heteroatoms. The summed E-state index contributed by atoms with van der Waals surface area (Å²) in [4.78, 5) is 0. The van der Waals surface area contributed by atoms with Crippen molar-refractivity contribution in [3.63, 3.8) is 0 Å². The Hall–Kier alpha value is -0.890. The average Bonchev–Trinajstić information content (AvgIpc) is 2.18. The molecule has 2 rings (SSSR count). The summed E-state index contributed by atoms with van der Waals surface area (Å²) in [5, 5.41) is 2.97. The van der Waals surface area contributed by atoms with Gasteiger partial charge in [0.25, 0.3) is 0 Å². The predicted octanol–water partition coefficient (Wildman–Crippen LogP) is 2.97. The van der Waals surface area contributed by atoms with Gasteiger partial charge in [0.05, 0.1) is 0 Å². The summed E-state index contributed by atoms with van der Waals surface area (Å²) >= 11 is 0. The zero-order valence-corrected chi connectivity index (χ0v) is 8.46. The van der Waals surface area contributed by atoms with Crippen LogP contribution in [-0.4, -0.2) is 6.30 Å². The minimum Gasteiger partial charge on any atom is -0.281 e. The average molecular weight is 193 g/mol. The van der Waals surface area contributed by atoms with Crippen molar-refractivity contribution in [2.45, 2.75) is 38.5 Å². The summed E-state index contributed by atoms with van der Waals surface area (Å²) in [5.41, 5.74) is 2.65. The van der Waals surface area contributed by atoms with Crippen LogP contribution in [0.15, 0.2) is 24.3 Å². The second-order valence-electron chi connectivity index (χ2n) is 3.93. The standard InChI is InChI=1S/C12H16FN/c1-9(13)14-12-8-4-6-10-5-2-3-7-11(10)12/h2-3,5,7,9,12,14H,4,6,8H2,1H3/t9-,12+/m0/s1. The smallest absolute Gasteiger partial charge is 0.148 e. The van der Waals surface area contributed by atoms with Crippen LogP contribution in [0.3, 0.4) is 0 Å². The molecule has 0 saturated carbocycles. The molecular formula is C12H16FN. The molecule has 1 aromatic rings. The van der Waals surface area contributed by atoms with Crippen LogP contribution in [0.25, 0.3) is 0 Å². The van der Waals surface area contributed by atoms with Crippen molar-refractivity contribution >= 4 is 0 Å². The van der Waals surface area contributed by atoms with Crippen molar-refractivity contribution in [3.05, 3.63) is 35.4 Å². The number of hydrogen-bond donors (Lipinski definition) is 1. The fraction of sp³-hybridized carbons (Fsp3) is 0.500. The van der Waals surface area contributed by atoms with E-state index in [1.54, 1.807) is 6.92 Å². The molecule has 0 radical (unpaired) electrons. The number of alkyl halides is 1. The Morgan fingerprint density at radius 3 is 3.00 bits per heavy atom. The van der Waals surface area contributed by atoms with Gasteiger partial charge in [0.15, 0.2) is 0 Å². The number of fused-ring (bicyclic) bond motifs is 1. The molecule has 0 aliphatic heterocycles. The molecule has 0 fully saturated rings. The summed E-state index contributed by atoms with van der Waals surface area (Å²) in [6.07, 6.45) is 2.41. The molecule has 0 aromatic heterocycles. The first-order valence-corrected chi connectivity index (χ1v) is 5.25. The molecule has 2 atom stereocenters. The molecule has 1 aliphatic carbocycles. The maximum atomic E-state index is 12.9. The van der Waals surface area contributed by atoms with Crippen LogP contribution in [0.2, 0.25) is 0 Å². The van der Waals surface area contributed by atoms with Crippen molar-refractivity contribution in [3.8, 4) is 0 Å². The van der Waals surface area contributed by atoms with Gasteiger partial charge in [0.1, 0.15) is 6.30 Å². The van der Waals surface area contributed by atoms with Crippen molar-refractivity contribution in [2.75, 3.05) is 0 Å². The van der Waals surface area contributed by atoms with E-state index in [1.165, 1.54) is 11.1 Å². The van der Waals surface area contributed by atoms with E-state index in [4.69, 9.17) is 0 Å². The van der Waals surface area contributed by atoms with Crippen LogP contribution in [0.5, 0.6) is 0 Å². The Labute approximate surface area is 84.3 Å². The summed E-state index contributed by atoms with van der Waals surface area (Å²) in [6.45, 7) is 1.55. The molecule has 0 unspecified atom stereocenters. The molecular weight excluding hydrogens is 177 g/mol. The van der Waals surface area contributed by atoms with E-state index in [0.29, 0.717) is 0 Å². The molecule has 76 valence electrons. The molecule has 14 heavy (non-hydrogen) atoms. The summed E-state index contributed by atoms with van der Waals surface area (Å²) in [7, 11) is 0. The van der Waals surface area contributed by atoms with Crippen LogP contribution >= 0.6 is 0 Å². The fourth-order valence-electron chi connectivity index (χ4n) is 2.20. The predicted molar refractivity (Wildman–Crippen MR) is 55.8 cm³/mol. The lowest BCUT2D eigenvalue weighted by Crippen LogP contribution is -2.29. The number of nitrogens with one attached hydrogen (secondary N) is 1. The topological polar surface area (TPSA) is 12.0 Å². The molecule has 0 spiro atoms. The highest BCUT2D eigenvalue weighted by Crippen LogP contribution is 2.29. The highest BCUT2D eigenvalue weighted by Gasteiger charge is 2.20. The summed E-state index contributed by atoms with van der Waals surface area (Å²) in [5.74, 6) is 0. The zero-order valence-electron chi connectivity index (χ0n) is 8.46. The van der Waals surface area contributed by atoms with Gasteiger partial charge in [-0.15, -0.1) is 0 Å². The molecule has 1 N–H and O–H groups in total. The second-order valence-corrected chi connectivity index (χ2v) is 3.93. The molecule has 0 amide bonds. The third kappa shape index (κ3) is 1.95. The molecule has 1 nitrogen and oxygen atoms in total. The van der Waals surface area contributed by atoms with Gasteiger partial charge in [0, 0.05) is 6.04 Å². The fourth-order valence-corrected chi connectivity index (χ4v) is 2.20. The summed E-state index contributed by atoms with van der Waals surface area (Å²) < 4.78 is 12.9. The highest BCUT2D eigenvalue weighted by molar-refractivity contribution is 5.32. The van der Waals surface area contributed by atoms with Gasteiger partial charge < -0.3 is 0 Å². The molecule has 0 saturated heterocycles. The van der Waals surface area contributed by atoms with Gasteiger partial charge in [-0.3, -0.25) is 5.32 Å². The van der Waals surface area contributed by atoms with E-state index in [0.717, 1.165) is 19.3 Å². The normalized spacial score (nSPS) is 22.9. The van der Waals surface area contributed by atoms with E-state index in [1.807, 2.05) is 6.07 Å². The quantitative estimate of drug-likeness (QED) is 0.712. The number of halogens is 1. The zero-order chi connectivity index (χ0) is 9.97. The maximum Gasteiger partial charge on any atom is 0.148 e. The summed E-state index contributed by atoms with van der Waals surface area (Å²) in [6, 6.07) is 8.54. The van der Waals surface area contributed by atoms with Gasteiger partial charge in [-0.25, -0.2) is 4.39 Å². The van der Waals surface area contributed by atoms with E-state index >= 15 is 0 Å². The molecule has 1 aromatic carbocycles. The van der Waals surface area contributed by atoms with Gasteiger partial charge in [0.2, 0.25) is 0 Å². The molecule has 0 bridgehead atoms. The van der Waals surface area contributed by atoms with Crippen LogP contribution < -0.4 is 5.32 Å². The van der Waals surface area contributed by atoms with Gasteiger partial charge in [-0.2, -0.15) is 0 Å². The van der Waals surface area contributed by atoms with Crippen LogP contribution in [0.4, 0.5) is 4.39 Å². The number of rotatable bonds is 2. The Kier molecular flexibility index (Phi) is 2.82. The first-order valence-electron chi connectivity index (χ1n) is 5.25. The Bertz CT molecular complexity index is 309. The lowest BCUT2D eigenvalue weighted by atomic mass is 9.88. The van der Waals surface area contributed by atoms with Crippen molar-refractivity contribution < 1.29 is 4.39 Å². The van der Waals surface area contributed by atoms with Crippen molar-refractivity contribution in [2.24, 2.45) is 0 Å². The first kappa shape index (κ1) is 9.66. The minimum absolute atomic E-state index is 0.208. The van der Waals surface area contributed by atoms with E-state index < -0.39 is 6.30 Å². The Morgan fingerprint density at radius 2 is 2.21 bits per heavy atom. The first-order chi connectivity index (χ1) is 6.77. The van der Waals surface area contributed by atoms with E-state index in [9.17, 15) is 4.39 Å². The number of hydrogen-bond acceptors (Lipinski definition) is 1. The Balaban J connectivity index is 2.22. The third-order valence-electron chi connectivity index (χ3n) is 2.80. The highest BCUT2D eigenvalue weighted by atomic mass is 19.1. The van der Waals surface area contributed by atoms with E-state index in [-0.39, 0.29) is 6.04 Å². The van der Waals surface area contributed by atoms with Crippen molar-refractivity contribution in [1.82, 2.24) is 5.32 Å². The van der Waals surface area contributed by atoms with Crippen molar-refractivity contribution in [1.29, 1.82) is 0 Å². The lowest BCUT2D eigenvalue weighted by Gasteiger charge is -2.26. The van der Waals surface area contributed by atoms with Gasteiger partial charge in [-0.1, -0.05) is 24.3 Å². The van der Waals surface area contributed by atoms with Crippen LogP contribution in [0.1, 0.15) is 36.9 Å². The van der Waals surface area contributed by atoms with Crippen LogP contribution in [0, 0.1) is 0 Å². The number of aryl methyl sites for hydroxylation is 1. The largest absolute Gasteiger partial charge is 0.281 e. The van der Waals surface area contributed by atoms with Gasteiger partial charge >= 0.3 is 0 Å². The van der Waals surface area contributed by atoms with Crippen LogP contribution in [-0.2, 0) is 6.42 Å². The monoisotopic (exact) mass is 193 g/mol. The Morgan fingerprint density at radius 1 is 1.43 bits per heavy atom. The van der Waals surface area contributed by atoms with Gasteiger partial charge in [-0.05, 0) is 37.3 Å². The second kappa shape index (κ2) is 4.09. The maximum absolute atomic E-state index is 12.9. The third-order valence-corrected chi connectivity index (χ3v) is 2.80.